The Bertz CT molecular complexity index is 653. The minimum Gasteiger partial charge on any atom is -0.371 e. The molecule has 3 nitrogen and oxygen atoms in total. The van der Waals surface area contributed by atoms with Crippen LogP contribution in [0.25, 0.3) is 0 Å². The highest BCUT2D eigenvalue weighted by Gasteiger charge is 2.11. The number of amides is 1. The van der Waals surface area contributed by atoms with Gasteiger partial charge in [0.05, 0.1) is 6.54 Å². The molecule has 0 aliphatic heterocycles. The van der Waals surface area contributed by atoms with Crippen molar-refractivity contribution in [1.29, 1.82) is 0 Å². The van der Waals surface area contributed by atoms with Gasteiger partial charge >= 0.3 is 0 Å². The number of aryl methyl sites for hydroxylation is 1. The van der Waals surface area contributed by atoms with E-state index < -0.39 is 11.6 Å². The lowest BCUT2D eigenvalue weighted by Crippen LogP contribution is -2.22. The molecule has 2 aromatic carbocycles. The van der Waals surface area contributed by atoms with Crippen LogP contribution in [0.2, 0.25) is 0 Å². The Hall–Kier alpha value is -1.95. The van der Waals surface area contributed by atoms with Gasteiger partial charge < -0.3 is 10.6 Å². The van der Waals surface area contributed by atoms with Crippen LogP contribution in [-0.4, -0.2) is 12.5 Å². The van der Waals surface area contributed by atoms with Gasteiger partial charge in [-0.1, -0.05) is 28.1 Å². The first kappa shape index (κ1) is 15.4. The van der Waals surface area contributed by atoms with Crippen LogP contribution in [0, 0.1) is 18.6 Å². The molecule has 0 aliphatic rings. The van der Waals surface area contributed by atoms with Gasteiger partial charge in [0.2, 0.25) is 5.91 Å². The molecule has 0 fully saturated rings. The highest BCUT2D eigenvalue weighted by atomic mass is 79.9. The maximum atomic E-state index is 13.6. The zero-order valence-corrected chi connectivity index (χ0v) is 12.8. The molecule has 0 heterocycles. The summed E-state index contributed by atoms with van der Waals surface area (Å²) < 4.78 is 27.5. The van der Waals surface area contributed by atoms with Gasteiger partial charge in [0, 0.05) is 10.2 Å². The molecule has 21 heavy (non-hydrogen) atoms. The fraction of sp³-hybridized carbons (Fsp3) is 0.133. The Kier molecular flexibility index (Phi) is 4.90. The maximum absolute atomic E-state index is 13.6. The fourth-order valence-electron chi connectivity index (χ4n) is 1.81. The average molecular weight is 355 g/mol. The van der Waals surface area contributed by atoms with Crippen LogP contribution in [0.3, 0.4) is 0 Å². The number of rotatable bonds is 4. The third-order valence-corrected chi connectivity index (χ3v) is 3.19. The van der Waals surface area contributed by atoms with Gasteiger partial charge in [-0.2, -0.15) is 0 Å². The van der Waals surface area contributed by atoms with E-state index in [0.717, 1.165) is 17.7 Å². The zero-order valence-electron chi connectivity index (χ0n) is 11.2. The van der Waals surface area contributed by atoms with Crippen LogP contribution in [-0.2, 0) is 4.79 Å². The largest absolute Gasteiger partial charge is 0.371 e. The van der Waals surface area contributed by atoms with Crippen LogP contribution in [0.1, 0.15) is 5.56 Å². The number of anilines is 2. The highest BCUT2D eigenvalue weighted by molar-refractivity contribution is 9.10. The molecule has 6 heteroatoms. The minimum absolute atomic E-state index is 0.233. The summed E-state index contributed by atoms with van der Waals surface area (Å²) in [6.45, 7) is 1.67. The fourth-order valence-corrected chi connectivity index (χ4v) is 2.21. The molecule has 0 saturated carbocycles. The highest BCUT2D eigenvalue weighted by Crippen LogP contribution is 2.23. The monoisotopic (exact) mass is 354 g/mol. The van der Waals surface area contributed by atoms with Crippen LogP contribution >= 0.6 is 15.9 Å². The second kappa shape index (κ2) is 6.67. The van der Waals surface area contributed by atoms with Crippen molar-refractivity contribution in [2.75, 3.05) is 17.2 Å². The second-order valence-electron chi connectivity index (χ2n) is 4.52. The Labute approximate surface area is 129 Å². The van der Waals surface area contributed by atoms with E-state index in [-0.39, 0.29) is 18.1 Å². The summed E-state index contributed by atoms with van der Waals surface area (Å²) >= 11 is 2.99. The van der Waals surface area contributed by atoms with E-state index in [1.54, 1.807) is 12.1 Å². The van der Waals surface area contributed by atoms with E-state index >= 15 is 0 Å². The molecule has 2 aromatic rings. The van der Waals surface area contributed by atoms with E-state index in [4.69, 9.17) is 0 Å². The van der Waals surface area contributed by atoms with E-state index in [1.165, 1.54) is 0 Å². The Morgan fingerprint density at radius 1 is 1.19 bits per heavy atom. The summed E-state index contributed by atoms with van der Waals surface area (Å²) in [6, 6.07) is 9.52. The topological polar surface area (TPSA) is 41.1 Å². The van der Waals surface area contributed by atoms with Crippen LogP contribution in [0.4, 0.5) is 20.2 Å². The van der Waals surface area contributed by atoms with E-state index in [1.807, 2.05) is 19.1 Å². The third-order valence-electron chi connectivity index (χ3n) is 2.73. The number of benzene rings is 2. The van der Waals surface area contributed by atoms with Crippen molar-refractivity contribution in [3.63, 3.8) is 0 Å². The molecule has 2 rings (SSSR count). The molecule has 0 spiro atoms. The molecule has 0 aliphatic carbocycles. The summed E-state index contributed by atoms with van der Waals surface area (Å²) in [5.41, 5.74) is 1.32. The van der Waals surface area contributed by atoms with E-state index in [0.29, 0.717) is 10.2 Å². The smallest absolute Gasteiger partial charge is 0.243 e. The first-order valence-electron chi connectivity index (χ1n) is 6.20. The molecule has 0 radical (unpaired) electrons. The van der Waals surface area contributed by atoms with Gasteiger partial charge in [0.25, 0.3) is 0 Å². The van der Waals surface area contributed by atoms with Gasteiger partial charge in [-0.3, -0.25) is 4.79 Å². The molecule has 0 atom stereocenters. The van der Waals surface area contributed by atoms with Crippen molar-refractivity contribution < 1.29 is 13.6 Å². The predicted octanol–water partition coefficient (Wildman–Crippen LogP) is 4.09. The quantitative estimate of drug-likeness (QED) is 0.868. The van der Waals surface area contributed by atoms with Crippen molar-refractivity contribution in [1.82, 2.24) is 0 Å². The molecular formula is C15H13BrF2N2O. The molecule has 2 N–H and O–H groups in total. The lowest BCUT2D eigenvalue weighted by atomic mass is 10.2. The molecular weight excluding hydrogens is 342 g/mol. The number of nitrogens with one attached hydrogen (secondary N) is 2. The number of hydrogen-bond acceptors (Lipinski definition) is 2. The molecule has 110 valence electrons. The number of halogens is 3. The van der Waals surface area contributed by atoms with Crippen LogP contribution in [0.15, 0.2) is 40.9 Å². The molecule has 0 saturated heterocycles. The SMILES string of the molecule is Cc1cccc(NC(=O)CNc2c(F)cc(Br)cc2F)c1. The molecule has 0 bridgehead atoms. The normalized spacial score (nSPS) is 10.3. The van der Waals surface area contributed by atoms with E-state index in [2.05, 4.69) is 26.6 Å². The summed E-state index contributed by atoms with van der Waals surface area (Å²) in [5, 5.41) is 5.11. The number of carbonyl (C=O) groups excluding carboxylic acids is 1. The first-order valence-corrected chi connectivity index (χ1v) is 7.00. The van der Waals surface area contributed by atoms with E-state index in [9.17, 15) is 13.6 Å². The van der Waals surface area contributed by atoms with Crippen molar-refractivity contribution in [3.8, 4) is 0 Å². The van der Waals surface area contributed by atoms with Gasteiger partial charge in [-0.25, -0.2) is 8.78 Å². The van der Waals surface area contributed by atoms with Crippen LogP contribution < -0.4 is 10.6 Å². The van der Waals surface area contributed by atoms with Crippen molar-refractivity contribution >= 4 is 33.2 Å². The first-order chi connectivity index (χ1) is 9.95. The third kappa shape index (κ3) is 4.26. The Morgan fingerprint density at radius 3 is 2.48 bits per heavy atom. The van der Waals surface area contributed by atoms with Gasteiger partial charge in [-0.05, 0) is 36.8 Å². The number of hydrogen-bond donors (Lipinski definition) is 2. The second-order valence-corrected chi connectivity index (χ2v) is 5.43. The summed E-state index contributed by atoms with van der Waals surface area (Å²) in [6.07, 6.45) is 0. The van der Waals surface area contributed by atoms with Crippen molar-refractivity contribution in [2.45, 2.75) is 6.92 Å². The van der Waals surface area contributed by atoms with Crippen molar-refractivity contribution in [2.24, 2.45) is 0 Å². The number of carbonyl (C=O) groups is 1. The van der Waals surface area contributed by atoms with Crippen molar-refractivity contribution in [3.05, 3.63) is 58.1 Å². The zero-order chi connectivity index (χ0) is 15.4. The Balaban J connectivity index is 1.99. The standard InChI is InChI=1S/C15H13BrF2N2O/c1-9-3-2-4-11(5-9)20-14(21)8-19-15-12(17)6-10(16)7-13(15)18/h2-7,19H,8H2,1H3,(H,20,21). The maximum Gasteiger partial charge on any atom is 0.243 e. The average Bonchev–Trinajstić information content (AvgIpc) is 2.37. The minimum atomic E-state index is -0.759. The molecule has 1 amide bonds. The molecule has 0 unspecified atom stereocenters. The molecule has 0 aromatic heterocycles. The predicted molar refractivity (Wildman–Crippen MR) is 82.4 cm³/mol. The van der Waals surface area contributed by atoms with Gasteiger partial charge in [0.1, 0.15) is 17.3 Å². The lowest BCUT2D eigenvalue weighted by molar-refractivity contribution is -0.114. The van der Waals surface area contributed by atoms with Gasteiger partial charge in [0.15, 0.2) is 0 Å². The van der Waals surface area contributed by atoms with Gasteiger partial charge in [-0.15, -0.1) is 0 Å². The van der Waals surface area contributed by atoms with Crippen LogP contribution in [0.5, 0.6) is 0 Å². The summed E-state index contributed by atoms with van der Waals surface area (Å²) in [7, 11) is 0. The lowest BCUT2D eigenvalue weighted by Gasteiger charge is -2.10. The summed E-state index contributed by atoms with van der Waals surface area (Å²) in [5.74, 6) is -1.90. The summed E-state index contributed by atoms with van der Waals surface area (Å²) in [4.78, 5) is 11.8. The Morgan fingerprint density at radius 2 is 1.86 bits per heavy atom.